The van der Waals surface area contributed by atoms with Crippen molar-refractivity contribution in [3.05, 3.63) is 208 Å². The van der Waals surface area contributed by atoms with Crippen molar-refractivity contribution in [3.63, 3.8) is 0 Å². The van der Waals surface area contributed by atoms with Crippen LogP contribution in [0.25, 0.3) is 50.2 Å². The smallest absolute Gasteiger partial charge is 0.416 e. The number of benzene rings is 8. The number of hydrogen-bond acceptors (Lipinski definition) is 4. The second-order valence-corrected chi connectivity index (χ2v) is 21.2. The van der Waals surface area contributed by atoms with Crippen LogP contribution in [0.15, 0.2) is 164 Å². The van der Waals surface area contributed by atoms with Crippen LogP contribution in [0.4, 0.5) is 18.9 Å². The molecule has 0 aromatic heterocycles. The zero-order valence-electron chi connectivity index (χ0n) is 43.2. The Morgan fingerprint density at radius 3 is 1.85 bits per heavy atom. The molecule has 0 spiro atoms. The predicted molar refractivity (Wildman–Crippen MR) is 297 cm³/mol. The first-order valence-corrected chi connectivity index (χ1v) is 26.4. The van der Waals surface area contributed by atoms with Gasteiger partial charge < -0.3 is 19.5 Å². The molecule has 0 atom stereocenters. The fourth-order valence-electron chi connectivity index (χ4n) is 12.2. The number of carbonyl (C=O) groups excluding carboxylic acids is 1. The number of nitrogens with one attached hydrogen (secondary N) is 1. The van der Waals surface area contributed by atoms with E-state index in [2.05, 4.69) is 68.6 Å². The van der Waals surface area contributed by atoms with E-state index >= 15 is 0 Å². The van der Waals surface area contributed by atoms with Gasteiger partial charge in [-0.2, -0.15) is 13.2 Å². The molecule has 8 aromatic carbocycles. The van der Waals surface area contributed by atoms with Gasteiger partial charge >= 0.3 is 6.18 Å². The van der Waals surface area contributed by atoms with E-state index in [1.54, 1.807) is 20.3 Å². The molecular formula is C67H62F3NO4. The molecule has 1 amide bonds. The molecule has 0 saturated heterocycles. The Labute approximate surface area is 438 Å². The van der Waals surface area contributed by atoms with Crippen LogP contribution in [0.2, 0.25) is 0 Å². The molecule has 8 aromatic rings. The summed E-state index contributed by atoms with van der Waals surface area (Å²) in [5.74, 6) is 3.05. The van der Waals surface area contributed by atoms with Crippen LogP contribution in [0.1, 0.15) is 127 Å². The molecule has 0 bridgehead atoms. The lowest BCUT2D eigenvalue weighted by Gasteiger charge is -2.38. The van der Waals surface area contributed by atoms with Crippen LogP contribution in [0, 0.1) is 5.92 Å². The second kappa shape index (κ2) is 19.9. The Bertz CT molecular complexity index is 3370. The van der Waals surface area contributed by atoms with E-state index in [0.29, 0.717) is 45.2 Å². The molecule has 0 radical (unpaired) electrons. The molecule has 8 heteroatoms. The maximum atomic E-state index is 14.7. The molecule has 11 rings (SSSR count). The highest BCUT2D eigenvalue weighted by Gasteiger charge is 2.45. The number of fused-ring (bicyclic) bond motifs is 8. The molecule has 0 unspecified atom stereocenters. The van der Waals surface area contributed by atoms with Crippen molar-refractivity contribution in [1.82, 2.24) is 0 Å². The van der Waals surface area contributed by atoms with Gasteiger partial charge in [0.2, 0.25) is 0 Å². The third-order valence-corrected chi connectivity index (χ3v) is 16.4. The van der Waals surface area contributed by atoms with Gasteiger partial charge in [0.1, 0.15) is 17.2 Å². The van der Waals surface area contributed by atoms with Crippen molar-refractivity contribution in [2.75, 3.05) is 19.5 Å². The summed E-state index contributed by atoms with van der Waals surface area (Å²) in [6.07, 6.45) is 10.1. The van der Waals surface area contributed by atoms with Crippen molar-refractivity contribution in [2.24, 2.45) is 5.92 Å². The zero-order chi connectivity index (χ0) is 52.1. The first kappa shape index (κ1) is 49.6. The van der Waals surface area contributed by atoms with E-state index in [0.717, 1.165) is 67.1 Å². The van der Waals surface area contributed by atoms with Crippen LogP contribution < -0.4 is 19.5 Å². The zero-order valence-corrected chi connectivity index (χ0v) is 43.2. The summed E-state index contributed by atoms with van der Waals surface area (Å²) in [6.45, 7) is 6.61. The minimum atomic E-state index is -4.59. The molecule has 1 aliphatic heterocycles. The monoisotopic (exact) mass is 1000 g/mol. The molecule has 1 heterocycles. The summed E-state index contributed by atoms with van der Waals surface area (Å²) in [4.78, 5) is 13.6. The highest BCUT2D eigenvalue weighted by molar-refractivity contribution is 6.09. The van der Waals surface area contributed by atoms with Crippen molar-refractivity contribution in [1.29, 1.82) is 0 Å². The number of methoxy groups -OCH3 is 2. The normalized spacial score (nSPS) is 17.1. The highest BCUT2D eigenvalue weighted by atomic mass is 19.4. The number of anilines is 1. The maximum absolute atomic E-state index is 14.7. The van der Waals surface area contributed by atoms with Crippen molar-refractivity contribution >= 4 is 28.4 Å². The number of alkyl halides is 3. The quantitative estimate of drug-likeness (QED) is 0.117. The Kier molecular flexibility index (Phi) is 13.2. The van der Waals surface area contributed by atoms with E-state index in [4.69, 9.17) is 14.2 Å². The summed E-state index contributed by atoms with van der Waals surface area (Å²) in [5.41, 5.74) is 10.4. The van der Waals surface area contributed by atoms with Crippen molar-refractivity contribution < 1.29 is 32.2 Å². The fraction of sp³-hybridized carbons (Fsp3) is 0.269. The SMILES string of the molecule is CCCCC[C@H]1CC[C@H](c2ccc(-c3ccc(C(=O)Nc4ccc(-c5ccc6c(c5)-c5c(c7c(c8cc(C(F)(F)F)ccc58)OC(c5ccc(OC)cc5)(c5ccc(OC)cc5)C=C7)C6(C)C)cc4)cc3)cc2)CC1. The number of halogens is 3. The summed E-state index contributed by atoms with van der Waals surface area (Å²) in [6, 6.07) is 50.1. The van der Waals surface area contributed by atoms with Crippen LogP contribution in [0.3, 0.4) is 0 Å². The second-order valence-electron chi connectivity index (χ2n) is 21.2. The Hall–Kier alpha value is -7.58. The molecule has 5 nitrogen and oxygen atoms in total. The van der Waals surface area contributed by atoms with Gasteiger partial charge in [-0.3, -0.25) is 4.79 Å². The first-order valence-electron chi connectivity index (χ1n) is 26.4. The predicted octanol–water partition coefficient (Wildman–Crippen LogP) is 18.0. The van der Waals surface area contributed by atoms with Crippen LogP contribution in [-0.4, -0.2) is 20.1 Å². The summed E-state index contributed by atoms with van der Waals surface area (Å²) in [5, 5.41) is 4.11. The lowest BCUT2D eigenvalue weighted by molar-refractivity contribution is -0.137. The summed E-state index contributed by atoms with van der Waals surface area (Å²) >= 11 is 0. The van der Waals surface area contributed by atoms with Gasteiger partial charge in [-0.15, -0.1) is 0 Å². The third-order valence-electron chi connectivity index (χ3n) is 16.4. The molecule has 2 aliphatic carbocycles. The first-order chi connectivity index (χ1) is 36.3. The average Bonchev–Trinajstić information content (AvgIpc) is 3.68. The minimum Gasteiger partial charge on any atom is -0.497 e. The summed E-state index contributed by atoms with van der Waals surface area (Å²) < 4.78 is 62.4. The molecular weight excluding hydrogens is 940 g/mol. The number of amides is 1. The van der Waals surface area contributed by atoms with Gasteiger partial charge in [0.15, 0.2) is 5.60 Å². The lowest BCUT2D eigenvalue weighted by Crippen LogP contribution is -2.35. The van der Waals surface area contributed by atoms with Crippen LogP contribution >= 0.6 is 0 Å². The van der Waals surface area contributed by atoms with Gasteiger partial charge in [0.05, 0.1) is 19.8 Å². The largest absolute Gasteiger partial charge is 0.497 e. The average molecular weight is 1000 g/mol. The molecule has 1 N–H and O–H groups in total. The van der Waals surface area contributed by atoms with Crippen molar-refractivity contribution in [2.45, 2.75) is 95.2 Å². The molecule has 380 valence electrons. The van der Waals surface area contributed by atoms with E-state index in [1.165, 1.54) is 69.1 Å². The van der Waals surface area contributed by atoms with E-state index < -0.39 is 22.8 Å². The standard InChI is InChI=1S/C67H62F3NO4/c1-6-7-8-9-42-10-12-43(13-11-42)44-14-16-45(17-15-44)46-18-20-48(21-19-46)64(72)71-53-30-22-47(23-31-53)49-24-37-60-59(40-49)61-56-36-29-52(67(68,69)70)41-58(56)63-57(62(61)65(60,2)3)38-39-66(75-63,50-25-32-54(73-4)33-26-50)51-27-34-55(74-5)35-28-51/h14-43H,6-13H2,1-5H3,(H,71,72)/t42-,43-. The number of rotatable bonds is 13. The van der Waals surface area contributed by atoms with E-state index in [9.17, 15) is 18.0 Å². The Balaban J connectivity index is 0.863. The van der Waals surface area contributed by atoms with Gasteiger partial charge in [0.25, 0.3) is 5.91 Å². The molecule has 3 aliphatic rings. The van der Waals surface area contributed by atoms with E-state index in [1.807, 2.05) is 109 Å². The number of carbonyl (C=O) groups is 1. The Morgan fingerprint density at radius 2 is 1.25 bits per heavy atom. The van der Waals surface area contributed by atoms with Gasteiger partial charge in [0, 0.05) is 38.7 Å². The Morgan fingerprint density at radius 1 is 0.667 bits per heavy atom. The van der Waals surface area contributed by atoms with E-state index in [-0.39, 0.29) is 5.91 Å². The highest BCUT2D eigenvalue weighted by Crippen LogP contribution is 2.59. The van der Waals surface area contributed by atoms with Crippen LogP contribution in [0.5, 0.6) is 17.2 Å². The fourth-order valence-corrected chi connectivity index (χ4v) is 12.2. The van der Waals surface area contributed by atoms with Crippen LogP contribution in [-0.2, 0) is 17.2 Å². The number of unbranched alkanes of at least 4 members (excludes halogenated alkanes) is 2. The van der Waals surface area contributed by atoms with Crippen molar-refractivity contribution in [3.8, 4) is 50.6 Å². The minimum absolute atomic E-state index is 0.196. The number of ether oxygens (including phenoxy) is 3. The summed E-state index contributed by atoms with van der Waals surface area (Å²) in [7, 11) is 3.21. The lowest BCUT2D eigenvalue weighted by atomic mass is 9.76. The third kappa shape index (κ3) is 9.27. The van der Waals surface area contributed by atoms with Gasteiger partial charge in [-0.1, -0.05) is 144 Å². The molecule has 1 fully saturated rings. The van der Waals surface area contributed by atoms with Gasteiger partial charge in [-0.05, 0) is 166 Å². The topological polar surface area (TPSA) is 56.8 Å². The number of hydrogen-bond donors (Lipinski definition) is 1. The van der Waals surface area contributed by atoms with Gasteiger partial charge in [-0.25, -0.2) is 0 Å². The molecule has 1 saturated carbocycles. The maximum Gasteiger partial charge on any atom is 0.416 e. The molecule has 75 heavy (non-hydrogen) atoms.